The molecular formula is C19H21ClO2. The van der Waals surface area contributed by atoms with Crippen molar-refractivity contribution in [2.24, 2.45) is 5.92 Å². The number of hydrogen-bond acceptors (Lipinski definition) is 2. The number of rotatable bonds is 7. The Bertz CT molecular complexity index is 608. The van der Waals surface area contributed by atoms with Gasteiger partial charge in [-0.3, -0.25) is 4.79 Å². The van der Waals surface area contributed by atoms with Gasteiger partial charge in [-0.2, -0.15) is 0 Å². The van der Waals surface area contributed by atoms with Crippen LogP contribution in [-0.4, -0.2) is 17.8 Å². The number of ketones is 1. The van der Waals surface area contributed by atoms with Crippen molar-refractivity contribution < 1.29 is 9.53 Å². The van der Waals surface area contributed by atoms with Crippen molar-refractivity contribution in [2.45, 2.75) is 25.6 Å². The fraction of sp³-hybridized carbons (Fsp3) is 0.316. The van der Waals surface area contributed by atoms with Gasteiger partial charge in [0.05, 0.1) is 6.61 Å². The first-order valence-electron chi connectivity index (χ1n) is 7.51. The van der Waals surface area contributed by atoms with Crippen molar-refractivity contribution in [3.63, 3.8) is 0 Å². The third-order valence-corrected chi connectivity index (χ3v) is 3.59. The van der Waals surface area contributed by atoms with Gasteiger partial charge < -0.3 is 4.74 Å². The quantitative estimate of drug-likeness (QED) is 0.544. The van der Waals surface area contributed by atoms with E-state index >= 15 is 0 Å². The second-order valence-electron chi connectivity index (χ2n) is 5.75. The molecule has 3 heteroatoms. The molecule has 0 aromatic heterocycles. The smallest absolute Gasteiger partial charge is 0.180 e. The van der Waals surface area contributed by atoms with E-state index in [1.54, 1.807) is 12.1 Å². The van der Waals surface area contributed by atoms with Gasteiger partial charge in [-0.1, -0.05) is 56.3 Å². The van der Waals surface area contributed by atoms with Crippen LogP contribution in [0.3, 0.4) is 0 Å². The zero-order valence-electron chi connectivity index (χ0n) is 13.0. The van der Waals surface area contributed by atoms with E-state index in [-0.39, 0.29) is 5.78 Å². The molecule has 0 amide bonds. The van der Waals surface area contributed by atoms with Crippen LogP contribution in [0.1, 0.15) is 29.8 Å². The highest BCUT2D eigenvalue weighted by atomic mass is 35.5. The van der Waals surface area contributed by atoms with Crippen LogP contribution in [-0.2, 0) is 6.42 Å². The Kier molecular flexibility index (Phi) is 6.02. The lowest BCUT2D eigenvalue weighted by Crippen LogP contribution is -2.17. The van der Waals surface area contributed by atoms with Gasteiger partial charge in [-0.15, -0.1) is 11.6 Å². The van der Waals surface area contributed by atoms with Crippen LogP contribution < -0.4 is 4.74 Å². The minimum atomic E-state index is -0.567. The fourth-order valence-corrected chi connectivity index (χ4v) is 2.41. The minimum absolute atomic E-state index is 0.0456. The predicted octanol–water partition coefficient (Wildman–Crippen LogP) is 4.75. The summed E-state index contributed by atoms with van der Waals surface area (Å²) >= 11 is 6.29. The van der Waals surface area contributed by atoms with Crippen LogP contribution in [0.25, 0.3) is 0 Å². The molecule has 0 saturated heterocycles. The number of ether oxygens (including phenoxy) is 1. The van der Waals surface area contributed by atoms with Crippen LogP contribution >= 0.6 is 11.6 Å². The Labute approximate surface area is 137 Å². The maximum Gasteiger partial charge on any atom is 0.180 e. The lowest BCUT2D eigenvalue weighted by atomic mass is 10.0. The highest BCUT2D eigenvalue weighted by Gasteiger charge is 2.17. The Morgan fingerprint density at radius 2 is 1.82 bits per heavy atom. The molecule has 0 fully saturated rings. The maximum absolute atomic E-state index is 12.3. The summed E-state index contributed by atoms with van der Waals surface area (Å²) in [5.74, 6) is 1.25. The highest BCUT2D eigenvalue weighted by molar-refractivity contribution is 6.34. The molecule has 0 aliphatic carbocycles. The van der Waals surface area contributed by atoms with E-state index in [1.165, 1.54) is 0 Å². The van der Waals surface area contributed by atoms with Gasteiger partial charge in [-0.05, 0) is 30.0 Å². The molecule has 22 heavy (non-hydrogen) atoms. The van der Waals surface area contributed by atoms with E-state index in [4.69, 9.17) is 16.3 Å². The van der Waals surface area contributed by atoms with Crippen molar-refractivity contribution in [3.05, 3.63) is 65.7 Å². The third-order valence-electron chi connectivity index (χ3n) is 3.24. The highest BCUT2D eigenvalue weighted by Crippen LogP contribution is 2.19. The number of hydrogen-bond donors (Lipinski definition) is 0. The Morgan fingerprint density at radius 1 is 1.09 bits per heavy atom. The van der Waals surface area contributed by atoms with E-state index in [9.17, 15) is 4.79 Å². The number of benzene rings is 2. The van der Waals surface area contributed by atoms with Crippen LogP contribution in [0, 0.1) is 5.92 Å². The van der Waals surface area contributed by atoms with Crippen molar-refractivity contribution in [1.82, 2.24) is 0 Å². The zero-order chi connectivity index (χ0) is 15.9. The lowest BCUT2D eigenvalue weighted by Gasteiger charge is -2.12. The molecule has 0 aliphatic heterocycles. The molecule has 2 aromatic rings. The van der Waals surface area contributed by atoms with Gasteiger partial charge >= 0.3 is 0 Å². The van der Waals surface area contributed by atoms with E-state index in [0.717, 1.165) is 11.3 Å². The summed E-state index contributed by atoms with van der Waals surface area (Å²) in [5, 5.41) is -0.567. The number of halogens is 1. The molecule has 0 radical (unpaired) electrons. The second kappa shape index (κ2) is 8.00. The Balaban J connectivity index is 2.01. The first-order valence-corrected chi connectivity index (χ1v) is 7.95. The summed E-state index contributed by atoms with van der Waals surface area (Å²) in [7, 11) is 0. The lowest BCUT2D eigenvalue weighted by molar-refractivity contribution is 0.0986. The van der Waals surface area contributed by atoms with Gasteiger partial charge in [0.2, 0.25) is 0 Å². The second-order valence-corrected chi connectivity index (χ2v) is 6.28. The van der Waals surface area contributed by atoms with Gasteiger partial charge in [0.1, 0.15) is 11.1 Å². The number of carbonyl (C=O) groups is 1. The standard InChI is InChI=1S/C19H21ClO2/c1-14(2)13-22-17-10-6-7-15(11-17)12-18(20)19(21)16-8-4-3-5-9-16/h3-11,14,18H,12-13H2,1-2H3. The van der Waals surface area contributed by atoms with Gasteiger partial charge in [0, 0.05) is 5.56 Å². The van der Waals surface area contributed by atoms with Crippen molar-refractivity contribution in [2.75, 3.05) is 6.61 Å². The molecule has 0 spiro atoms. The average Bonchev–Trinajstić information content (AvgIpc) is 2.53. The molecular weight excluding hydrogens is 296 g/mol. The largest absolute Gasteiger partial charge is 0.493 e. The molecule has 2 aromatic carbocycles. The molecule has 0 saturated carbocycles. The molecule has 2 rings (SSSR count). The normalized spacial score (nSPS) is 12.2. The van der Waals surface area contributed by atoms with E-state index in [0.29, 0.717) is 24.5 Å². The molecule has 0 heterocycles. The molecule has 1 atom stereocenters. The number of Topliss-reactive ketones (excluding diaryl/α,β-unsaturated/α-hetero) is 1. The van der Waals surface area contributed by atoms with Crippen LogP contribution in [0.5, 0.6) is 5.75 Å². The summed E-state index contributed by atoms with van der Waals surface area (Å²) in [6.07, 6.45) is 0.494. The van der Waals surface area contributed by atoms with Crippen LogP contribution in [0.2, 0.25) is 0 Å². The monoisotopic (exact) mass is 316 g/mol. The molecule has 116 valence electrons. The maximum atomic E-state index is 12.3. The summed E-state index contributed by atoms with van der Waals surface area (Å²) < 4.78 is 5.71. The predicted molar refractivity (Wildman–Crippen MR) is 90.9 cm³/mol. The van der Waals surface area contributed by atoms with E-state index in [1.807, 2.05) is 42.5 Å². The third kappa shape index (κ3) is 4.88. The SMILES string of the molecule is CC(C)COc1cccc(CC(Cl)C(=O)c2ccccc2)c1. The van der Waals surface area contributed by atoms with Gasteiger partial charge in [0.15, 0.2) is 5.78 Å². The van der Waals surface area contributed by atoms with Gasteiger partial charge in [-0.25, -0.2) is 0 Å². The Morgan fingerprint density at radius 3 is 2.50 bits per heavy atom. The molecule has 0 bridgehead atoms. The van der Waals surface area contributed by atoms with Gasteiger partial charge in [0.25, 0.3) is 0 Å². The van der Waals surface area contributed by atoms with Crippen molar-refractivity contribution in [1.29, 1.82) is 0 Å². The first kappa shape index (κ1) is 16.6. The van der Waals surface area contributed by atoms with Crippen LogP contribution in [0.15, 0.2) is 54.6 Å². The summed E-state index contributed by atoms with van der Waals surface area (Å²) in [6, 6.07) is 16.9. The van der Waals surface area contributed by atoms with Crippen molar-refractivity contribution >= 4 is 17.4 Å². The molecule has 0 aliphatic rings. The van der Waals surface area contributed by atoms with E-state index in [2.05, 4.69) is 13.8 Å². The minimum Gasteiger partial charge on any atom is -0.493 e. The summed E-state index contributed by atoms with van der Waals surface area (Å²) in [5.41, 5.74) is 1.65. The average molecular weight is 317 g/mol. The molecule has 1 unspecified atom stereocenters. The topological polar surface area (TPSA) is 26.3 Å². The summed E-state index contributed by atoms with van der Waals surface area (Å²) in [4.78, 5) is 12.3. The van der Waals surface area contributed by atoms with Crippen molar-refractivity contribution in [3.8, 4) is 5.75 Å². The van der Waals surface area contributed by atoms with Crippen LogP contribution in [0.4, 0.5) is 0 Å². The summed E-state index contributed by atoms with van der Waals surface area (Å²) in [6.45, 7) is 4.89. The fourth-order valence-electron chi connectivity index (χ4n) is 2.11. The number of carbonyl (C=O) groups excluding carboxylic acids is 1. The molecule has 0 N–H and O–H groups in total. The Hall–Kier alpha value is -1.80. The molecule has 2 nitrogen and oxygen atoms in total. The first-order chi connectivity index (χ1) is 10.6. The zero-order valence-corrected chi connectivity index (χ0v) is 13.7. The number of alkyl halides is 1. The van der Waals surface area contributed by atoms with E-state index < -0.39 is 5.38 Å².